The molecule has 0 fully saturated rings. The minimum atomic E-state index is -0.566. The van der Waals surface area contributed by atoms with Gasteiger partial charge in [0, 0.05) is 30.8 Å². The molecule has 196 valence electrons. The Morgan fingerprint density at radius 1 is 1.00 bits per heavy atom. The average molecular weight is 516 g/mol. The zero-order valence-electron chi connectivity index (χ0n) is 21.1. The van der Waals surface area contributed by atoms with Crippen LogP contribution in [0, 0.1) is 6.92 Å². The standard InChI is InChI=1S/C26H29N9O3/c1-3-35-22(12-15(2)33-35)25(38)32-26-31-20-14-17(24(29)37)7-9-21(20)34(26)11-5-4-10-30-19-8-6-16(23(28)36)13-18(19)27/h4-9,12-14,30H,3,10-11,27H2,1-2H3,(H2,28,36)(H2,29,37)(H,31,32,38)/b5-4+. The summed E-state index contributed by atoms with van der Waals surface area (Å²) in [5.74, 6) is -1.14. The summed E-state index contributed by atoms with van der Waals surface area (Å²) in [5, 5.41) is 10.4. The van der Waals surface area contributed by atoms with Gasteiger partial charge < -0.3 is 27.1 Å². The minimum absolute atomic E-state index is 0.317. The zero-order chi connectivity index (χ0) is 27.4. The quantitative estimate of drug-likeness (QED) is 0.158. The van der Waals surface area contributed by atoms with Crippen molar-refractivity contribution in [2.75, 3.05) is 22.9 Å². The van der Waals surface area contributed by atoms with E-state index in [4.69, 9.17) is 17.2 Å². The molecule has 12 nitrogen and oxygen atoms in total. The Balaban J connectivity index is 1.55. The van der Waals surface area contributed by atoms with Gasteiger partial charge in [-0.05, 0) is 56.3 Å². The fourth-order valence-electron chi connectivity index (χ4n) is 4.01. The van der Waals surface area contributed by atoms with E-state index in [0.29, 0.717) is 59.3 Å². The van der Waals surface area contributed by atoms with Crippen LogP contribution in [0.3, 0.4) is 0 Å². The predicted molar refractivity (Wildman–Crippen MR) is 146 cm³/mol. The van der Waals surface area contributed by atoms with Gasteiger partial charge in [0.25, 0.3) is 5.91 Å². The van der Waals surface area contributed by atoms with Crippen molar-refractivity contribution in [3.8, 4) is 0 Å². The number of hydrogen-bond acceptors (Lipinski definition) is 7. The summed E-state index contributed by atoms with van der Waals surface area (Å²) in [5.41, 5.74) is 20.8. The van der Waals surface area contributed by atoms with Crippen LogP contribution >= 0.6 is 0 Å². The van der Waals surface area contributed by atoms with Gasteiger partial charge in [-0.25, -0.2) is 4.98 Å². The number of nitrogens with two attached hydrogens (primary N) is 3. The van der Waals surface area contributed by atoms with Crippen molar-refractivity contribution in [2.24, 2.45) is 11.5 Å². The summed E-state index contributed by atoms with van der Waals surface area (Å²) < 4.78 is 3.44. The smallest absolute Gasteiger partial charge is 0.276 e. The number of primary amides is 2. The van der Waals surface area contributed by atoms with Crippen LogP contribution in [-0.4, -0.2) is 43.6 Å². The van der Waals surface area contributed by atoms with Gasteiger partial charge in [-0.3, -0.25) is 24.4 Å². The van der Waals surface area contributed by atoms with Gasteiger partial charge in [0.15, 0.2) is 0 Å². The Morgan fingerprint density at radius 2 is 1.71 bits per heavy atom. The molecule has 8 N–H and O–H groups in total. The highest BCUT2D eigenvalue weighted by molar-refractivity contribution is 6.03. The Hall–Kier alpha value is -5.13. The van der Waals surface area contributed by atoms with Crippen LogP contribution in [0.5, 0.6) is 0 Å². The van der Waals surface area contributed by atoms with E-state index in [2.05, 4.69) is 20.7 Å². The number of hydrogen-bond donors (Lipinski definition) is 5. The lowest BCUT2D eigenvalue weighted by atomic mass is 10.1. The second kappa shape index (κ2) is 10.9. The van der Waals surface area contributed by atoms with Gasteiger partial charge in [0.2, 0.25) is 17.8 Å². The van der Waals surface area contributed by atoms with Crippen LogP contribution in [0.25, 0.3) is 11.0 Å². The molecule has 2 aromatic carbocycles. The first-order valence-corrected chi connectivity index (χ1v) is 11.9. The maximum atomic E-state index is 13.1. The molecule has 38 heavy (non-hydrogen) atoms. The van der Waals surface area contributed by atoms with E-state index >= 15 is 0 Å². The number of nitrogen functional groups attached to an aromatic ring is 1. The summed E-state index contributed by atoms with van der Waals surface area (Å²) in [7, 11) is 0. The maximum absolute atomic E-state index is 13.1. The Morgan fingerprint density at radius 3 is 2.39 bits per heavy atom. The van der Waals surface area contributed by atoms with E-state index < -0.39 is 11.8 Å². The molecular weight excluding hydrogens is 486 g/mol. The lowest BCUT2D eigenvalue weighted by Crippen LogP contribution is -2.19. The molecular formula is C26H29N9O3. The third kappa shape index (κ3) is 5.48. The Kier molecular flexibility index (Phi) is 7.42. The van der Waals surface area contributed by atoms with Gasteiger partial charge in [0.05, 0.1) is 28.1 Å². The van der Waals surface area contributed by atoms with Crippen molar-refractivity contribution in [1.82, 2.24) is 19.3 Å². The minimum Gasteiger partial charge on any atom is -0.397 e. The number of carbonyl (C=O) groups excluding carboxylic acids is 3. The van der Waals surface area contributed by atoms with Crippen LogP contribution in [0.15, 0.2) is 54.6 Å². The largest absolute Gasteiger partial charge is 0.397 e. The molecule has 0 aliphatic heterocycles. The molecule has 0 aliphatic rings. The van der Waals surface area contributed by atoms with Crippen molar-refractivity contribution in [2.45, 2.75) is 26.9 Å². The number of nitrogens with zero attached hydrogens (tertiary/aromatic N) is 4. The molecule has 0 radical (unpaired) electrons. The first-order valence-electron chi connectivity index (χ1n) is 11.9. The topological polar surface area (TPSA) is 189 Å². The molecule has 0 atom stereocenters. The van der Waals surface area contributed by atoms with E-state index in [1.54, 1.807) is 41.1 Å². The van der Waals surface area contributed by atoms with Gasteiger partial charge in [-0.2, -0.15) is 5.10 Å². The summed E-state index contributed by atoms with van der Waals surface area (Å²) in [4.78, 5) is 40.6. The highest BCUT2D eigenvalue weighted by Crippen LogP contribution is 2.23. The lowest BCUT2D eigenvalue weighted by molar-refractivity contribution is 0.0992. The van der Waals surface area contributed by atoms with E-state index in [1.165, 1.54) is 6.07 Å². The fourth-order valence-corrected chi connectivity index (χ4v) is 4.01. The highest BCUT2D eigenvalue weighted by Gasteiger charge is 2.18. The van der Waals surface area contributed by atoms with Crippen molar-refractivity contribution >= 4 is 46.1 Å². The average Bonchev–Trinajstić information content (AvgIpc) is 3.43. The second-order valence-electron chi connectivity index (χ2n) is 8.57. The van der Waals surface area contributed by atoms with Crippen molar-refractivity contribution in [3.05, 3.63) is 77.1 Å². The summed E-state index contributed by atoms with van der Waals surface area (Å²) >= 11 is 0. The summed E-state index contributed by atoms with van der Waals surface area (Å²) in [6.45, 7) is 5.10. The Bertz CT molecular complexity index is 1570. The number of aryl methyl sites for hydroxylation is 2. The monoisotopic (exact) mass is 515 g/mol. The number of fused-ring (bicyclic) bond motifs is 1. The van der Waals surface area contributed by atoms with Gasteiger partial charge >= 0.3 is 0 Å². The zero-order valence-corrected chi connectivity index (χ0v) is 21.1. The number of allylic oxidation sites excluding steroid dienone is 1. The van der Waals surface area contributed by atoms with Crippen LogP contribution in [0.2, 0.25) is 0 Å². The predicted octanol–water partition coefficient (Wildman–Crippen LogP) is 2.26. The van der Waals surface area contributed by atoms with E-state index in [9.17, 15) is 14.4 Å². The number of imidazole rings is 1. The first-order chi connectivity index (χ1) is 18.2. The van der Waals surface area contributed by atoms with Gasteiger partial charge in [0.1, 0.15) is 5.69 Å². The fraction of sp³-hybridized carbons (Fsp3) is 0.192. The number of rotatable bonds is 10. The molecule has 12 heteroatoms. The third-order valence-electron chi connectivity index (χ3n) is 5.89. The summed E-state index contributed by atoms with van der Waals surface area (Å²) in [6, 6.07) is 11.5. The SMILES string of the molecule is CCn1nc(C)cc1C(=O)Nc1nc2cc(C(N)=O)ccc2n1C/C=C/CNc1ccc(C(N)=O)cc1N. The molecule has 2 heterocycles. The molecule has 0 spiro atoms. The van der Waals surface area contributed by atoms with Crippen molar-refractivity contribution in [3.63, 3.8) is 0 Å². The normalized spacial score (nSPS) is 11.2. The first kappa shape index (κ1) is 25.9. The third-order valence-corrected chi connectivity index (χ3v) is 5.89. The number of amides is 3. The number of carbonyl (C=O) groups is 3. The molecule has 0 bridgehead atoms. The molecule has 0 unspecified atom stereocenters. The molecule has 4 rings (SSSR count). The molecule has 0 aliphatic carbocycles. The second-order valence-corrected chi connectivity index (χ2v) is 8.57. The highest BCUT2D eigenvalue weighted by atomic mass is 16.2. The number of nitrogens with one attached hydrogen (secondary N) is 2. The van der Waals surface area contributed by atoms with Crippen molar-refractivity contribution in [1.29, 1.82) is 0 Å². The van der Waals surface area contributed by atoms with Crippen LogP contribution in [0.4, 0.5) is 17.3 Å². The van der Waals surface area contributed by atoms with Crippen LogP contribution < -0.4 is 27.8 Å². The number of anilines is 3. The summed E-state index contributed by atoms with van der Waals surface area (Å²) in [6.07, 6.45) is 3.80. The van der Waals surface area contributed by atoms with E-state index in [1.807, 2.05) is 30.6 Å². The molecule has 0 saturated heterocycles. The number of benzene rings is 2. The Labute approximate surface area is 218 Å². The molecule has 4 aromatic rings. The lowest BCUT2D eigenvalue weighted by Gasteiger charge is -2.10. The molecule has 2 aromatic heterocycles. The van der Waals surface area contributed by atoms with Gasteiger partial charge in [-0.1, -0.05) is 12.2 Å². The van der Waals surface area contributed by atoms with Crippen LogP contribution in [-0.2, 0) is 13.1 Å². The van der Waals surface area contributed by atoms with Crippen LogP contribution in [0.1, 0.15) is 43.8 Å². The van der Waals surface area contributed by atoms with E-state index in [0.717, 1.165) is 11.2 Å². The molecule has 3 amide bonds. The van der Waals surface area contributed by atoms with E-state index in [-0.39, 0.29) is 5.91 Å². The maximum Gasteiger partial charge on any atom is 0.276 e. The van der Waals surface area contributed by atoms with Crippen molar-refractivity contribution < 1.29 is 14.4 Å². The molecule has 0 saturated carbocycles. The number of aromatic nitrogens is 4. The van der Waals surface area contributed by atoms with Gasteiger partial charge in [-0.15, -0.1) is 0 Å².